The van der Waals surface area contributed by atoms with Crippen molar-refractivity contribution < 1.29 is 9.53 Å². The monoisotopic (exact) mass is 504 g/mol. The highest BCUT2D eigenvalue weighted by Gasteiger charge is 2.16. The van der Waals surface area contributed by atoms with Gasteiger partial charge >= 0.3 is 0 Å². The number of anilines is 2. The number of thioether (sulfide) groups is 1. The third-order valence-electron chi connectivity index (χ3n) is 5.55. The molecule has 0 aliphatic carbocycles. The molecule has 5 aromatic rings. The second-order valence-corrected chi connectivity index (χ2v) is 10.1. The molecular weight excluding hydrogens is 484 g/mol. The molecule has 35 heavy (non-hydrogen) atoms. The normalized spacial score (nSPS) is 14.0. The van der Waals surface area contributed by atoms with Crippen LogP contribution in [0.1, 0.15) is 10.5 Å². The van der Waals surface area contributed by atoms with E-state index in [1.807, 2.05) is 47.1 Å². The van der Waals surface area contributed by atoms with Gasteiger partial charge in [0.2, 0.25) is 0 Å². The Morgan fingerprint density at radius 2 is 1.97 bits per heavy atom. The largest absolute Gasteiger partial charge is 0.378 e. The zero-order valence-electron chi connectivity index (χ0n) is 18.5. The molecule has 6 rings (SSSR count). The summed E-state index contributed by atoms with van der Waals surface area (Å²) in [5.41, 5.74) is 3.70. The van der Waals surface area contributed by atoms with Gasteiger partial charge in [0.25, 0.3) is 5.91 Å². The van der Waals surface area contributed by atoms with Crippen molar-refractivity contribution >= 4 is 61.8 Å². The van der Waals surface area contributed by atoms with E-state index >= 15 is 0 Å². The Morgan fingerprint density at radius 3 is 2.89 bits per heavy atom. The van der Waals surface area contributed by atoms with Gasteiger partial charge in [-0.25, -0.2) is 14.6 Å². The average molecular weight is 505 g/mol. The maximum atomic E-state index is 12.8. The van der Waals surface area contributed by atoms with Gasteiger partial charge in [0.1, 0.15) is 17.0 Å². The first-order valence-corrected chi connectivity index (χ1v) is 12.8. The summed E-state index contributed by atoms with van der Waals surface area (Å²) < 4.78 is 9.16. The first-order chi connectivity index (χ1) is 17.2. The van der Waals surface area contributed by atoms with Gasteiger partial charge in [0.05, 0.1) is 47.2 Å². The van der Waals surface area contributed by atoms with Crippen molar-refractivity contribution in [2.75, 3.05) is 36.5 Å². The smallest absolute Gasteiger partial charge is 0.275 e. The van der Waals surface area contributed by atoms with Gasteiger partial charge in [-0.1, -0.05) is 29.1 Å². The lowest BCUT2D eigenvalue weighted by Gasteiger charge is -2.27. The minimum atomic E-state index is -0.302. The number of nitrogens with one attached hydrogen (secondary N) is 1. The lowest BCUT2D eigenvalue weighted by molar-refractivity contribution is 0.102. The molecule has 0 bridgehead atoms. The van der Waals surface area contributed by atoms with E-state index in [1.165, 1.54) is 6.20 Å². The third kappa shape index (κ3) is 4.67. The van der Waals surface area contributed by atoms with Crippen molar-refractivity contribution in [3.05, 3.63) is 60.6 Å². The van der Waals surface area contributed by atoms with Gasteiger partial charge in [0, 0.05) is 18.8 Å². The number of hydrogen-bond donors (Lipinski definition) is 1. The lowest BCUT2D eigenvalue weighted by atomic mass is 10.3. The molecule has 0 unspecified atom stereocenters. The average Bonchev–Trinajstić information content (AvgIpc) is 3.51. The molecule has 12 heteroatoms. The molecular formula is C23H20N8O2S2. The number of hydrogen-bond acceptors (Lipinski definition) is 10. The molecule has 4 heterocycles. The summed E-state index contributed by atoms with van der Waals surface area (Å²) in [5, 5.41) is 11.4. The van der Waals surface area contributed by atoms with Crippen LogP contribution in [0.5, 0.6) is 0 Å². The van der Waals surface area contributed by atoms with Crippen molar-refractivity contribution in [2.24, 2.45) is 0 Å². The number of nitrogens with zero attached hydrogens (tertiary/aromatic N) is 7. The molecule has 1 N–H and O–H groups in total. The van der Waals surface area contributed by atoms with Crippen LogP contribution in [0.3, 0.4) is 0 Å². The molecule has 0 spiro atoms. The number of ether oxygens (including phenoxy) is 1. The third-order valence-corrected chi connectivity index (χ3v) is 7.68. The molecule has 3 aromatic heterocycles. The number of benzene rings is 2. The van der Waals surface area contributed by atoms with E-state index in [2.05, 4.69) is 30.5 Å². The van der Waals surface area contributed by atoms with Crippen molar-refractivity contribution in [1.82, 2.24) is 29.9 Å². The Balaban J connectivity index is 1.15. The minimum absolute atomic E-state index is 0.273. The number of fused-ring (bicyclic) bond motifs is 2. The molecule has 0 atom stereocenters. The quantitative estimate of drug-likeness (QED) is 0.346. The fourth-order valence-corrected chi connectivity index (χ4v) is 5.76. The van der Waals surface area contributed by atoms with Gasteiger partial charge in [-0.3, -0.25) is 9.78 Å². The Bertz CT molecular complexity index is 1510. The van der Waals surface area contributed by atoms with Crippen LogP contribution in [0.25, 0.3) is 21.3 Å². The summed E-state index contributed by atoms with van der Waals surface area (Å²) in [4.78, 5) is 28.3. The first-order valence-electron chi connectivity index (χ1n) is 11.0. The molecule has 1 saturated heterocycles. The van der Waals surface area contributed by atoms with E-state index in [0.717, 1.165) is 38.7 Å². The summed E-state index contributed by atoms with van der Waals surface area (Å²) in [6.07, 6.45) is 3.15. The van der Waals surface area contributed by atoms with Gasteiger partial charge in [0.15, 0.2) is 4.34 Å². The van der Waals surface area contributed by atoms with Gasteiger partial charge in [-0.2, -0.15) is 0 Å². The molecule has 1 aliphatic heterocycles. The molecule has 176 valence electrons. The summed E-state index contributed by atoms with van der Waals surface area (Å²) in [6.45, 7) is 2.75. The minimum Gasteiger partial charge on any atom is -0.378 e. The maximum absolute atomic E-state index is 12.8. The number of rotatable bonds is 6. The summed E-state index contributed by atoms with van der Waals surface area (Å²) in [7, 11) is 0. The highest BCUT2D eigenvalue weighted by molar-refractivity contribution is 8.00. The molecule has 10 nitrogen and oxygen atoms in total. The number of morpholine rings is 1. The summed E-state index contributed by atoms with van der Waals surface area (Å²) in [5.74, 6) is 0.993. The van der Waals surface area contributed by atoms with Crippen LogP contribution in [0.15, 0.2) is 59.2 Å². The maximum Gasteiger partial charge on any atom is 0.275 e. The predicted octanol–water partition coefficient (Wildman–Crippen LogP) is 3.67. The van der Waals surface area contributed by atoms with Crippen molar-refractivity contribution in [2.45, 2.75) is 10.2 Å². The van der Waals surface area contributed by atoms with Crippen molar-refractivity contribution in [3.63, 3.8) is 0 Å². The highest BCUT2D eigenvalue weighted by atomic mass is 32.2. The van der Waals surface area contributed by atoms with Gasteiger partial charge < -0.3 is 15.0 Å². The van der Waals surface area contributed by atoms with Crippen LogP contribution in [-0.4, -0.2) is 62.2 Å². The van der Waals surface area contributed by atoms with E-state index in [4.69, 9.17) is 9.72 Å². The van der Waals surface area contributed by atoms with Crippen LogP contribution < -0.4 is 10.2 Å². The van der Waals surface area contributed by atoms with E-state index in [9.17, 15) is 4.79 Å². The Morgan fingerprint density at radius 1 is 1.09 bits per heavy atom. The Labute approximate surface area is 208 Å². The van der Waals surface area contributed by atoms with E-state index < -0.39 is 0 Å². The zero-order valence-corrected chi connectivity index (χ0v) is 20.1. The second kappa shape index (κ2) is 9.56. The van der Waals surface area contributed by atoms with Crippen LogP contribution in [0.2, 0.25) is 0 Å². The lowest BCUT2D eigenvalue weighted by Crippen LogP contribution is -2.37. The molecule has 1 amide bonds. The number of carbonyl (C=O) groups is 1. The van der Waals surface area contributed by atoms with Gasteiger partial charge in [-0.05, 0) is 30.3 Å². The van der Waals surface area contributed by atoms with E-state index in [1.54, 1.807) is 29.3 Å². The fourth-order valence-electron chi connectivity index (χ4n) is 3.78. The Kier molecular flexibility index (Phi) is 5.98. The van der Waals surface area contributed by atoms with Crippen LogP contribution in [-0.2, 0) is 10.6 Å². The Hall–Kier alpha value is -3.61. The van der Waals surface area contributed by atoms with E-state index in [-0.39, 0.29) is 11.6 Å². The topological polar surface area (TPSA) is 111 Å². The SMILES string of the molecule is O=C(Nc1ccc2nc(SCn3nnc4ccccc43)sc2c1)c1cncc(N2CCOCC2)n1. The van der Waals surface area contributed by atoms with Crippen molar-refractivity contribution in [1.29, 1.82) is 0 Å². The molecule has 0 saturated carbocycles. The first kappa shape index (κ1) is 21.9. The molecule has 2 aromatic carbocycles. The van der Waals surface area contributed by atoms with Crippen LogP contribution >= 0.6 is 23.1 Å². The molecule has 1 fully saturated rings. The number of amides is 1. The summed E-state index contributed by atoms with van der Waals surface area (Å²) in [6, 6.07) is 13.6. The van der Waals surface area contributed by atoms with Crippen molar-refractivity contribution in [3.8, 4) is 0 Å². The standard InChI is InChI=1S/C23H20N8O2S2/c32-22(18-12-24-13-21(26-18)30-7-9-33-10-8-30)25-15-5-6-17-20(11-15)35-23(27-17)34-14-31-19-4-2-1-3-16(19)28-29-31/h1-6,11-13H,7-10,14H2,(H,25,32). The summed E-state index contributed by atoms with van der Waals surface area (Å²) >= 11 is 3.17. The number of carbonyl (C=O) groups excluding carboxylic acids is 1. The van der Waals surface area contributed by atoms with Crippen LogP contribution in [0.4, 0.5) is 11.5 Å². The predicted molar refractivity (Wildman–Crippen MR) is 136 cm³/mol. The van der Waals surface area contributed by atoms with Gasteiger partial charge in [-0.15, -0.1) is 16.4 Å². The number of thiazole rings is 1. The molecule has 1 aliphatic rings. The fraction of sp³-hybridized carbons (Fsp3) is 0.217. The van der Waals surface area contributed by atoms with E-state index in [0.29, 0.717) is 30.6 Å². The zero-order chi connectivity index (χ0) is 23.6. The molecule has 0 radical (unpaired) electrons. The number of aromatic nitrogens is 6. The van der Waals surface area contributed by atoms with Crippen LogP contribution in [0, 0.1) is 0 Å². The highest BCUT2D eigenvalue weighted by Crippen LogP contribution is 2.32. The number of para-hydroxylation sites is 1. The second-order valence-electron chi connectivity index (χ2n) is 7.83.